The lowest BCUT2D eigenvalue weighted by atomic mass is 9.92. The largest absolute Gasteiger partial charge is 0.126 e. The van der Waals surface area contributed by atoms with E-state index in [0.717, 1.165) is 11.8 Å². The van der Waals surface area contributed by atoms with Gasteiger partial charge in [-0.05, 0) is 30.7 Å². The maximum atomic E-state index is 6.03. The highest BCUT2D eigenvalue weighted by Crippen LogP contribution is 2.24. The summed E-state index contributed by atoms with van der Waals surface area (Å²) in [5, 5.41) is 0. The third kappa shape index (κ3) is 4.25. The minimum absolute atomic E-state index is 0.523. The van der Waals surface area contributed by atoms with E-state index in [9.17, 15) is 0 Å². The van der Waals surface area contributed by atoms with Crippen molar-refractivity contribution in [2.45, 2.75) is 39.5 Å². The lowest BCUT2D eigenvalue weighted by Crippen LogP contribution is -2.02. The Morgan fingerprint density at radius 2 is 1.67 bits per heavy atom. The zero-order valence-corrected chi connectivity index (χ0v) is 10.7. The first-order valence-corrected chi connectivity index (χ1v) is 6.29. The van der Waals surface area contributed by atoms with Crippen LogP contribution < -0.4 is 0 Å². The Hall–Kier alpha value is -0.490. The first-order chi connectivity index (χ1) is 7.13. The van der Waals surface area contributed by atoms with E-state index >= 15 is 0 Å². The van der Waals surface area contributed by atoms with E-state index in [1.807, 2.05) is 0 Å². The Morgan fingerprint density at radius 3 is 2.13 bits per heavy atom. The average Bonchev–Trinajstić information content (AvgIpc) is 2.21. The number of alkyl halides is 1. The van der Waals surface area contributed by atoms with Crippen LogP contribution in [0.25, 0.3) is 0 Å². The number of hydrogen-bond donors (Lipinski definition) is 0. The van der Waals surface area contributed by atoms with Gasteiger partial charge in [0.1, 0.15) is 0 Å². The van der Waals surface area contributed by atoms with Crippen molar-refractivity contribution in [2.24, 2.45) is 5.92 Å². The van der Waals surface area contributed by atoms with Crippen molar-refractivity contribution in [3.05, 3.63) is 35.4 Å². The molecule has 0 aromatic heterocycles. The molecule has 1 aromatic rings. The zero-order chi connectivity index (χ0) is 11.3. The first kappa shape index (κ1) is 12.6. The summed E-state index contributed by atoms with van der Waals surface area (Å²) in [6.07, 6.45) is 2.45. The Kier molecular flexibility index (Phi) is 5.17. The summed E-state index contributed by atoms with van der Waals surface area (Å²) in [7, 11) is 0. The molecular weight excluding hydrogens is 204 g/mol. The van der Waals surface area contributed by atoms with Gasteiger partial charge < -0.3 is 0 Å². The lowest BCUT2D eigenvalue weighted by Gasteiger charge is -2.15. The van der Waals surface area contributed by atoms with Crippen molar-refractivity contribution in [2.75, 3.05) is 5.88 Å². The molecule has 0 aliphatic rings. The number of hydrogen-bond acceptors (Lipinski definition) is 0. The van der Waals surface area contributed by atoms with Crippen LogP contribution in [0.5, 0.6) is 0 Å². The molecule has 0 aliphatic heterocycles. The van der Waals surface area contributed by atoms with Crippen molar-refractivity contribution in [1.29, 1.82) is 0 Å². The number of halogens is 1. The van der Waals surface area contributed by atoms with Gasteiger partial charge in [-0.25, -0.2) is 0 Å². The normalized spacial score (nSPS) is 13.1. The van der Waals surface area contributed by atoms with Crippen LogP contribution >= 0.6 is 11.6 Å². The fourth-order valence-corrected chi connectivity index (χ4v) is 2.04. The van der Waals surface area contributed by atoms with E-state index in [1.54, 1.807) is 0 Å². The summed E-state index contributed by atoms with van der Waals surface area (Å²) >= 11 is 6.03. The quantitative estimate of drug-likeness (QED) is 0.633. The fourth-order valence-electron chi connectivity index (χ4n) is 1.71. The SMILES string of the molecule is Cc1ccc(C(CCl)CCC(C)C)cc1. The van der Waals surface area contributed by atoms with Crippen molar-refractivity contribution in [1.82, 2.24) is 0 Å². The second-order valence-electron chi connectivity index (χ2n) is 4.73. The monoisotopic (exact) mass is 224 g/mol. The van der Waals surface area contributed by atoms with E-state index in [4.69, 9.17) is 11.6 Å². The van der Waals surface area contributed by atoms with Crippen LogP contribution in [0, 0.1) is 12.8 Å². The molecule has 1 atom stereocenters. The summed E-state index contributed by atoms with van der Waals surface area (Å²) < 4.78 is 0. The highest BCUT2D eigenvalue weighted by molar-refractivity contribution is 6.18. The van der Waals surface area contributed by atoms with Gasteiger partial charge in [-0.3, -0.25) is 0 Å². The van der Waals surface area contributed by atoms with Gasteiger partial charge in [0.15, 0.2) is 0 Å². The molecule has 0 saturated carbocycles. The summed E-state index contributed by atoms with van der Waals surface area (Å²) in [5.41, 5.74) is 2.70. The van der Waals surface area contributed by atoms with Gasteiger partial charge >= 0.3 is 0 Å². The molecule has 0 N–H and O–H groups in total. The predicted molar refractivity (Wildman–Crippen MR) is 68.7 cm³/mol. The van der Waals surface area contributed by atoms with Crippen LogP contribution in [0.4, 0.5) is 0 Å². The Bertz CT molecular complexity index is 274. The maximum Gasteiger partial charge on any atom is 0.0292 e. The van der Waals surface area contributed by atoms with Crippen LogP contribution in [-0.4, -0.2) is 5.88 Å². The molecule has 0 aliphatic carbocycles. The van der Waals surface area contributed by atoms with Gasteiger partial charge in [-0.15, -0.1) is 11.6 Å². The van der Waals surface area contributed by atoms with E-state index < -0.39 is 0 Å². The molecule has 0 heterocycles. The van der Waals surface area contributed by atoms with Crippen molar-refractivity contribution < 1.29 is 0 Å². The number of rotatable bonds is 5. The topological polar surface area (TPSA) is 0 Å². The minimum Gasteiger partial charge on any atom is -0.126 e. The molecule has 0 nitrogen and oxygen atoms in total. The zero-order valence-electron chi connectivity index (χ0n) is 9.96. The lowest BCUT2D eigenvalue weighted by molar-refractivity contribution is 0.519. The van der Waals surface area contributed by atoms with Crippen molar-refractivity contribution >= 4 is 11.6 Å². The molecule has 1 unspecified atom stereocenters. The Morgan fingerprint density at radius 1 is 1.07 bits per heavy atom. The number of benzene rings is 1. The summed E-state index contributed by atoms with van der Waals surface area (Å²) in [4.78, 5) is 0. The first-order valence-electron chi connectivity index (χ1n) is 5.76. The van der Waals surface area contributed by atoms with Crippen LogP contribution in [-0.2, 0) is 0 Å². The van der Waals surface area contributed by atoms with E-state index in [0.29, 0.717) is 5.92 Å². The minimum atomic E-state index is 0.523. The highest BCUT2D eigenvalue weighted by Gasteiger charge is 2.10. The maximum absolute atomic E-state index is 6.03. The molecule has 0 fully saturated rings. The van der Waals surface area contributed by atoms with Crippen molar-refractivity contribution in [3.63, 3.8) is 0 Å². The molecule has 0 bridgehead atoms. The summed E-state index contributed by atoms with van der Waals surface area (Å²) in [6, 6.07) is 8.76. The van der Waals surface area contributed by atoms with Gasteiger partial charge in [-0.1, -0.05) is 50.1 Å². The van der Waals surface area contributed by atoms with E-state index in [1.165, 1.54) is 24.0 Å². The highest BCUT2D eigenvalue weighted by atomic mass is 35.5. The van der Waals surface area contributed by atoms with Gasteiger partial charge in [0.25, 0.3) is 0 Å². The Labute approximate surface area is 98.7 Å². The molecule has 1 heteroatoms. The molecular formula is C14H21Cl. The van der Waals surface area contributed by atoms with Gasteiger partial charge in [0.2, 0.25) is 0 Å². The average molecular weight is 225 g/mol. The molecule has 84 valence electrons. The van der Waals surface area contributed by atoms with Crippen LogP contribution in [0.1, 0.15) is 43.7 Å². The third-order valence-electron chi connectivity index (χ3n) is 2.83. The molecule has 0 saturated heterocycles. The fraction of sp³-hybridized carbons (Fsp3) is 0.571. The van der Waals surface area contributed by atoms with E-state index in [-0.39, 0.29) is 0 Å². The molecule has 1 aromatic carbocycles. The second-order valence-corrected chi connectivity index (χ2v) is 5.04. The van der Waals surface area contributed by atoms with Crippen molar-refractivity contribution in [3.8, 4) is 0 Å². The van der Waals surface area contributed by atoms with Gasteiger partial charge in [0.05, 0.1) is 0 Å². The van der Waals surface area contributed by atoms with Crippen LogP contribution in [0.3, 0.4) is 0 Å². The molecule has 1 rings (SSSR count). The van der Waals surface area contributed by atoms with Crippen LogP contribution in [0.15, 0.2) is 24.3 Å². The third-order valence-corrected chi connectivity index (χ3v) is 3.20. The van der Waals surface area contributed by atoms with E-state index in [2.05, 4.69) is 45.0 Å². The molecule has 0 radical (unpaired) electrons. The molecule has 0 amide bonds. The number of aryl methyl sites for hydroxylation is 1. The van der Waals surface area contributed by atoms with Gasteiger partial charge in [0, 0.05) is 5.88 Å². The smallest absolute Gasteiger partial charge is 0.0292 e. The second kappa shape index (κ2) is 6.17. The molecule has 0 spiro atoms. The summed E-state index contributed by atoms with van der Waals surface area (Å²) in [5.74, 6) is 2.02. The molecule has 15 heavy (non-hydrogen) atoms. The predicted octanol–water partition coefficient (Wildman–Crippen LogP) is 4.75. The standard InChI is InChI=1S/C14H21Cl/c1-11(2)4-7-14(10-15)13-8-5-12(3)6-9-13/h5-6,8-9,11,14H,4,7,10H2,1-3H3. The van der Waals surface area contributed by atoms with Crippen LogP contribution in [0.2, 0.25) is 0 Å². The Balaban J connectivity index is 2.61. The van der Waals surface area contributed by atoms with Gasteiger partial charge in [-0.2, -0.15) is 0 Å². The summed E-state index contributed by atoms with van der Waals surface area (Å²) in [6.45, 7) is 6.65.